The molecule has 0 bridgehead atoms. The molecule has 1 atom stereocenters. The lowest BCUT2D eigenvalue weighted by Crippen LogP contribution is -2.40. The number of carboxylic acid groups (broad SMARTS) is 1. The Balaban J connectivity index is 2.26. The van der Waals surface area contributed by atoms with Gasteiger partial charge in [0.25, 0.3) is 5.91 Å². The number of carbonyl (C=O) groups excluding carboxylic acids is 1. The van der Waals surface area contributed by atoms with Crippen LogP contribution in [0.15, 0.2) is 6.07 Å². The lowest BCUT2D eigenvalue weighted by Gasteiger charge is -2.24. The van der Waals surface area contributed by atoms with Crippen LogP contribution in [-0.4, -0.2) is 53.3 Å². The maximum Gasteiger partial charge on any atom is 0.313 e. The van der Waals surface area contributed by atoms with Gasteiger partial charge in [-0.15, -0.1) is 0 Å². The smallest absolute Gasteiger partial charge is 0.313 e. The zero-order chi connectivity index (χ0) is 17.4. The van der Waals surface area contributed by atoms with Gasteiger partial charge >= 0.3 is 5.97 Å². The normalized spacial score (nSPS) is 21.2. The van der Waals surface area contributed by atoms with E-state index in [1.54, 1.807) is 4.90 Å². The molecular weight excluding hydrogens is 296 g/mol. The first-order valence-electron chi connectivity index (χ1n) is 7.93. The second kappa shape index (κ2) is 6.35. The van der Waals surface area contributed by atoms with Crippen LogP contribution in [0.5, 0.6) is 0 Å². The molecule has 1 N–H and O–H groups in total. The highest BCUT2D eigenvalue weighted by Crippen LogP contribution is 2.33. The number of aryl methyl sites for hydroxylation is 1. The first-order chi connectivity index (χ1) is 10.7. The number of hydrogen-bond acceptors (Lipinski definition) is 3. The Morgan fingerprint density at radius 2 is 2.04 bits per heavy atom. The minimum Gasteiger partial charge on any atom is -0.481 e. The SMILES string of the molecule is COCC1(C(=O)O)CCN(C(=O)c2cc(C)n(C(C)C)c2C)C1. The highest BCUT2D eigenvalue weighted by atomic mass is 16.5. The van der Waals surface area contributed by atoms with E-state index in [4.69, 9.17) is 4.74 Å². The van der Waals surface area contributed by atoms with Gasteiger partial charge < -0.3 is 19.3 Å². The standard InChI is InChI=1S/C17H26N2O4/c1-11(2)19-12(3)8-14(13(19)4)15(20)18-7-6-17(9-18,10-23-5)16(21)22/h8,11H,6-7,9-10H2,1-5H3,(H,21,22). The molecule has 23 heavy (non-hydrogen) atoms. The molecule has 0 aromatic carbocycles. The van der Waals surface area contributed by atoms with Crippen LogP contribution in [-0.2, 0) is 9.53 Å². The van der Waals surface area contributed by atoms with Gasteiger partial charge in [-0.05, 0) is 40.2 Å². The van der Waals surface area contributed by atoms with E-state index in [0.29, 0.717) is 18.5 Å². The lowest BCUT2D eigenvalue weighted by molar-refractivity contribution is -0.151. The summed E-state index contributed by atoms with van der Waals surface area (Å²) in [7, 11) is 1.49. The number of hydrogen-bond donors (Lipinski definition) is 1. The van der Waals surface area contributed by atoms with Gasteiger partial charge in [0.1, 0.15) is 5.41 Å². The van der Waals surface area contributed by atoms with Crippen LogP contribution in [0.4, 0.5) is 0 Å². The number of ether oxygens (including phenoxy) is 1. The Labute approximate surface area is 137 Å². The number of methoxy groups -OCH3 is 1. The van der Waals surface area contributed by atoms with Crippen molar-refractivity contribution >= 4 is 11.9 Å². The van der Waals surface area contributed by atoms with Crippen LogP contribution >= 0.6 is 0 Å². The molecule has 0 spiro atoms. The molecule has 2 heterocycles. The lowest BCUT2D eigenvalue weighted by atomic mass is 9.88. The molecule has 128 valence electrons. The average Bonchev–Trinajstić information content (AvgIpc) is 3.01. The van der Waals surface area contributed by atoms with E-state index in [0.717, 1.165) is 11.4 Å². The Kier molecular flexibility index (Phi) is 4.84. The molecule has 1 aliphatic heterocycles. The molecule has 1 fully saturated rings. The molecule has 1 aromatic heterocycles. The number of amides is 1. The summed E-state index contributed by atoms with van der Waals surface area (Å²) < 4.78 is 7.21. The molecule has 2 rings (SSSR count). The van der Waals surface area contributed by atoms with E-state index in [9.17, 15) is 14.7 Å². The Morgan fingerprint density at radius 1 is 1.39 bits per heavy atom. The number of likely N-dealkylation sites (tertiary alicyclic amines) is 1. The first-order valence-corrected chi connectivity index (χ1v) is 7.93. The summed E-state index contributed by atoms with van der Waals surface area (Å²) in [5, 5.41) is 9.52. The fraction of sp³-hybridized carbons (Fsp3) is 0.647. The maximum absolute atomic E-state index is 12.8. The minimum absolute atomic E-state index is 0.0933. The molecular formula is C17H26N2O4. The fourth-order valence-corrected chi connectivity index (χ4v) is 3.63. The number of carboxylic acids is 1. The highest BCUT2D eigenvalue weighted by molar-refractivity contribution is 5.96. The second-order valence-electron chi connectivity index (χ2n) is 6.74. The molecule has 1 aliphatic rings. The van der Waals surface area contributed by atoms with Crippen molar-refractivity contribution in [3.05, 3.63) is 23.0 Å². The second-order valence-corrected chi connectivity index (χ2v) is 6.74. The summed E-state index contributed by atoms with van der Waals surface area (Å²) >= 11 is 0. The highest BCUT2D eigenvalue weighted by Gasteiger charge is 2.46. The predicted octanol–water partition coefficient (Wildman–Crippen LogP) is 2.25. The van der Waals surface area contributed by atoms with Crippen LogP contribution in [0.1, 0.15) is 48.1 Å². The van der Waals surface area contributed by atoms with Crippen molar-refractivity contribution in [3.8, 4) is 0 Å². The minimum atomic E-state index is -0.992. The summed E-state index contributed by atoms with van der Waals surface area (Å²) in [6, 6.07) is 2.18. The third kappa shape index (κ3) is 3.00. The molecule has 1 unspecified atom stereocenters. The van der Waals surface area contributed by atoms with Crippen LogP contribution < -0.4 is 0 Å². The quantitative estimate of drug-likeness (QED) is 0.902. The van der Waals surface area contributed by atoms with Crippen molar-refractivity contribution in [2.75, 3.05) is 26.8 Å². The van der Waals surface area contributed by atoms with Gasteiger partial charge in [0.15, 0.2) is 0 Å². The summed E-state index contributed by atoms with van der Waals surface area (Å²) in [6.45, 7) is 8.85. The van der Waals surface area contributed by atoms with Gasteiger partial charge in [-0.3, -0.25) is 9.59 Å². The van der Waals surface area contributed by atoms with Gasteiger partial charge in [0, 0.05) is 37.6 Å². The van der Waals surface area contributed by atoms with E-state index in [1.807, 2.05) is 19.9 Å². The molecule has 0 saturated carbocycles. The molecule has 1 saturated heterocycles. The molecule has 0 radical (unpaired) electrons. The van der Waals surface area contributed by atoms with Crippen LogP contribution in [0.25, 0.3) is 0 Å². The van der Waals surface area contributed by atoms with Gasteiger partial charge in [0.2, 0.25) is 0 Å². The van der Waals surface area contributed by atoms with Gasteiger partial charge in [-0.25, -0.2) is 0 Å². The zero-order valence-corrected chi connectivity index (χ0v) is 14.5. The molecule has 6 heteroatoms. The number of aromatic nitrogens is 1. The van der Waals surface area contributed by atoms with Gasteiger partial charge in [0.05, 0.1) is 12.2 Å². The third-order valence-electron chi connectivity index (χ3n) is 4.75. The third-order valence-corrected chi connectivity index (χ3v) is 4.75. The molecule has 6 nitrogen and oxygen atoms in total. The number of rotatable bonds is 5. The number of aliphatic carboxylic acids is 1. The van der Waals surface area contributed by atoms with Gasteiger partial charge in [-0.2, -0.15) is 0 Å². The Morgan fingerprint density at radius 3 is 2.52 bits per heavy atom. The van der Waals surface area contributed by atoms with Crippen molar-refractivity contribution in [1.82, 2.24) is 9.47 Å². The van der Waals surface area contributed by atoms with E-state index in [2.05, 4.69) is 18.4 Å². The maximum atomic E-state index is 12.8. The van der Waals surface area contributed by atoms with E-state index in [-0.39, 0.29) is 25.1 Å². The van der Waals surface area contributed by atoms with Crippen molar-refractivity contribution in [2.45, 2.75) is 40.2 Å². The first kappa shape index (κ1) is 17.5. The zero-order valence-electron chi connectivity index (χ0n) is 14.5. The molecule has 1 amide bonds. The topological polar surface area (TPSA) is 71.8 Å². The summed E-state index contributed by atoms with van der Waals surface area (Å²) in [5.41, 5.74) is 1.65. The van der Waals surface area contributed by atoms with Crippen LogP contribution in [0, 0.1) is 19.3 Å². The van der Waals surface area contributed by atoms with Crippen LogP contribution in [0.3, 0.4) is 0 Å². The number of nitrogens with zero attached hydrogens (tertiary/aromatic N) is 2. The van der Waals surface area contributed by atoms with E-state index < -0.39 is 11.4 Å². The van der Waals surface area contributed by atoms with Crippen LogP contribution in [0.2, 0.25) is 0 Å². The van der Waals surface area contributed by atoms with Crippen molar-refractivity contribution in [2.24, 2.45) is 5.41 Å². The average molecular weight is 322 g/mol. The van der Waals surface area contributed by atoms with E-state index >= 15 is 0 Å². The molecule has 0 aliphatic carbocycles. The fourth-order valence-electron chi connectivity index (χ4n) is 3.63. The molecule has 1 aromatic rings. The summed E-state index contributed by atoms with van der Waals surface area (Å²) in [6.07, 6.45) is 0.421. The van der Waals surface area contributed by atoms with Crippen molar-refractivity contribution in [3.63, 3.8) is 0 Å². The monoisotopic (exact) mass is 322 g/mol. The largest absolute Gasteiger partial charge is 0.481 e. The summed E-state index contributed by atoms with van der Waals surface area (Å²) in [4.78, 5) is 26.1. The predicted molar refractivity (Wildman–Crippen MR) is 86.8 cm³/mol. The number of carbonyl (C=O) groups is 2. The summed E-state index contributed by atoms with van der Waals surface area (Å²) in [5.74, 6) is -0.994. The Hall–Kier alpha value is -1.82. The van der Waals surface area contributed by atoms with Crippen molar-refractivity contribution in [1.29, 1.82) is 0 Å². The van der Waals surface area contributed by atoms with Gasteiger partial charge in [-0.1, -0.05) is 0 Å². The Bertz CT molecular complexity index is 620. The van der Waals surface area contributed by atoms with E-state index in [1.165, 1.54) is 7.11 Å². The van der Waals surface area contributed by atoms with Crippen molar-refractivity contribution < 1.29 is 19.4 Å².